The highest BCUT2D eigenvalue weighted by Gasteiger charge is 2.25. The Morgan fingerprint density at radius 1 is 1.02 bits per heavy atom. The standard InChI is InChI=1S/C32H35Cl2N3O3/c33-25-8-9-26-24(20-25)7-6-23-4-3-13-36-31(23)30(26)22-11-15-37(16-12-22)14-1-2-17-40-29-10-5-21(18-27(29)34)19-28(35)32(38)39/h3-5,8-10,13,18,20,28H,1-2,6-7,11-12,14-17,19,35H2,(H,38,39)/t28-/m0/s1. The number of aryl methyl sites for hydroxylation is 2. The van der Waals surface area contributed by atoms with E-state index in [4.69, 9.17) is 43.8 Å². The molecule has 1 saturated heterocycles. The summed E-state index contributed by atoms with van der Waals surface area (Å²) in [7, 11) is 0. The molecule has 1 aliphatic heterocycles. The van der Waals surface area contributed by atoms with E-state index in [9.17, 15) is 4.79 Å². The third-order valence-electron chi connectivity index (χ3n) is 7.84. The quantitative estimate of drug-likeness (QED) is 0.293. The molecular formula is C32H35Cl2N3O3. The van der Waals surface area contributed by atoms with Crippen LogP contribution in [0.2, 0.25) is 10.0 Å². The number of piperidine rings is 1. The van der Waals surface area contributed by atoms with Crippen LogP contribution in [0.15, 0.2) is 60.3 Å². The van der Waals surface area contributed by atoms with E-state index >= 15 is 0 Å². The summed E-state index contributed by atoms with van der Waals surface area (Å²) in [5, 5.41) is 10.3. The molecule has 0 spiro atoms. The Hall–Kier alpha value is -2.90. The number of hydrogen-bond acceptors (Lipinski definition) is 5. The third kappa shape index (κ3) is 6.87. The molecule has 1 aromatic heterocycles. The van der Waals surface area contributed by atoms with Crippen molar-refractivity contribution in [3.63, 3.8) is 0 Å². The zero-order valence-corrected chi connectivity index (χ0v) is 24.1. The number of aromatic nitrogens is 1. The van der Waals surface area contributed by atoms with Crippen LogP contribution in [-0.2, 0) is 24.1 Å². The maximum atomic E-state index is 11.0. The van der Waals surface area contributed by atoms with Crippen LogP contribution < -0.4 is 10.5 Å². The van der Waals surface area contributed by atoms with Crippen molar-refractivity contribution in [2.75, 3.05) is 26.2 Å². The number of ether oxygens (including phenoxy) is 1. The Morgan fingerprint density at radius 2 is 1.82 bits per heavy atom. The van der Waals surface area contributed by atoms with Gasteiger partial charge in [-0.2, -0.15) is 0 Å². The van der Waals surface area contributed by atoms with Gasteiger partial charge in [-0.3, -0.25) is 9.78 Å². The predicted octanol–water partition coefficient (Wildman–Crippen LogP) is 6.20. The highest BCUT2D eigenvalue weighted by molar-refractivity contribution is 6.32. The van der Waals surface area contributed by atoms with E-state index in [1.807, 2.05) is 24.4 Å². The molecule has 0 amide bonds. The molecule has 0 saturated carbocycles. The van der Waals surface area contributed by atoms with Gasteiger partial charge in [0.1, 0.15) is 11.8 Å². The molecule has 2 heterocycles. The lowest BCUT2D eigenvalue weighted by Crippen LogP contribution is -2.32. The van der Waals surface area contributed by atoms with Crippen molar-refractivity contribution in [2.45, 2.75) is 51.0 Å². The van der Waals surface area contributed by atoms with E-state index in [1.54, 1.807) is 12.1 Å². The second kappa shape index (κ2) is 13.2. The number of rotatable bonds is 9. The summed E-state index contributed by atoms with van der Waals surface area (Å²) < 4.78 is 5.89. The van der Waals surface area contributed by atoms with Crippen LogP contribution in [0.3, 0.4) is 0 Å². The molecule has 5 rings (SSSR count). The molecule has 1 atom stereocenters. The number of carboxylic acids is 1. The second-order valence-electron chi connectivity index (χ2n) is 10.6. The molecule has 3 N–H and O–H groups in total. The normalized spacial score (nSPS) is 16.2. The number of aliphatic carboxylic acids is 1. The van der Waals surface area contributed by atoms with Crippen molar-refractivity contribution >= 4 is 34.7 Å². The van der Waals surface area contributed by atoms with Gasteiger partial charge in [0.15, 0.2) is 0 Å². The summed E-state index contributed by atoms with van der Waals surface area (Å²) in [6, 6.07) is 15.0. The van der Waals surface area contributed by atoms with E-state index in [0.29, 0.717) is 17.4 Å². The molecule has 1 aliphatic carbocycles. The number of nitrogens with zero attached hydrogens (tertiary/aromatic N) is 2. The van der Waals surface area contributed by atoms with Gasteiger partial charge in [-0.1, -0.05) is 47.0 Å². The monoisotopic (exact) mass is 579 g/mol. The summed E-state index contributed by atoms with van der Waals surface area (Å²) in [5.41, 5.74) is 14.3. The van der Waals surface area contributed by atoms with E-state index < -0.39 is 12.0 Å². The largest absolute Gasteiger partial charge is 0.492 e. The molecule has 3 aromatic rings. The Labute approximate surface area is 245 Å². The number of nitrogens with two attached hydrogens (primary N) is 1. The Kier molecular flexibility index (Phi) is 9.43. The van der Waals surface area contributed by atoms with Crippen molar-refractivity contribution in [2.24, 2.45) is 5.73 Å². The lowest BCUT2D eigenvalue weighted by atomic mass is 9.88. The zero-order chi connectivity index (χ0) is 28.1. The second-order valence-corrected chi connectivity index (χ2v) is 11.4. The van der Waals surface area contributed by atoms with Crippen molar-refractivity contribution in [3.8, 4) is 5.75 Å². The molecule has 210 valence electrons. The number of halogens is 2. The van der Waals surface area contributed by atoms with Crippen LogP contribution in [0.5, 0.6) is 5.75 Å². The van der Waals surface area contributed by atoms with Crippen molar-refractivity contribution < 1.29 is 14.6 Å². The van der Waals surface area contributed by atoms with Gasteiger partial charge in [-0.25, -0.2) is 0 Å². The first-order valence-electron chi connectivity index (χ1n) is 14.0. The minimum atomic E-state index is -1.03. The fraction of sp³-hybridized carbons (Fsp3) is 0.375. The van der Waals surface area contributed by atoms with Gasteiger partial charge >= 0.3 is 5.97 Å². The predicted molar refractivity (Wildman–Crippen MR) is 160 cm³/mol. The maximum absolute atomic E-state index is 11.0. The first kappa shape index (κ1) is 28.6. The van der Waals surface area contributed by atoms with Gasteiger partial charge < -0.3 is 20.5 Å². The number of carboxylic acid groups (broad SMARTS) is 1. The highest BCUT2D eigenvalue weighted by atomic mass is 35.5. The van der Waals surface area contributed by atoms with Crippen molar-refractivity contribution in [3.05, 3.63) is 98.3 Å². The molecule has 2 aliphatic rings. The number of likely N-dealkylation sites (tertiary alicyclic amines) is 1. The van der Waals surface area contributed by atoms with Crippen molar-refractivity contribution in [1.82, 2.24) is 9.88 Å². The summed E-state index contributed by atoms with van der Waals surface area (Å²) in [6.07, 6.45) is 8.15. The van der Waals surface area contributed by atoms with E-state index in [1.165, 1.54) is 27.8 Å². The first-order chi connectivity index (χ1) is 19.4. The van der Waals surface area contributed by atoms with E-state index in [0.717, 1.165) is 74.4 Å². The number of unbranched alkanes of at least 4 members (excludes halogenated alkanes) is 1. The van der Waals surface area contributed by atoms with Gasteiger partial charge in [0.2, 0.25) is 0 Å². The minimum absolute atomic E-state index is 0.230. The average molecular weight is 581 g/mol. The zero-order valence-electron chi connectivity index (χ0n) is 22.5. The van der Waals surface area contributed by atoms with Gasteiger partial charge in [-0.05, 0) is 104 Å². The van der Waals surface area contributed by atoms with Gasteiger partial charge in [0.05, 0.1) is 17.3 Å². The number of benzene rings is 2. The SMILES string of the molecule is N[C@@H](Cc1ccc(OCCCCN2CCC(=C3c4ccc(Cl)cc4CCc4cccnc43)CC2)c(Cl)c1)C(=O)O. The van der Waals surface area contributed by atoms with Crippen LogP contribution >= 0.6 is 23.2 Å². The van der Waals surface area contributed by atoms with E-state index in [2.05, 4.69) is 23.1 Å². The van der Waals surface area contributed by atoms with Crippen LogP contribution in [0.4, 0.5) is 0 Å². The van der Waals surface area contributed by atoms with Gasteiger partial charge in [0.25, 0.3) is 0 Å². The maximum Gasteiger partial charge on any atom is 0.320 e. The topological polar surface area (TPSA) is 88.7 Å². The summed E-state index contributed by atoms with van der Waals surface area (Å²) >= 11 is 12.7. The summed E-state index contributed by atoms with van der Waals surface area (Å²) in [6.45, 7) is 3.69. The Balaban J connectivity index is 1.14. The smallest absolute Gasteiger partial charge is 0.320 e. The number of pyridine rings is 1. The fourth-order valence-electron chi connectivity index (χ4n) is 5.68. The molecule has 0 radical (unpaired) electrons. The van der Waals surface area contributed by atoms with Crippen LogP contribution in [0.1, 0.15) is 53.6 Å². The van der Waals surface area contributed by atoms with Crippen molar-refractivity contribution in [1.29, 1.82) is 0 Å². The van der Waals surface area contributed by atoms with Crippen LogP contribution in [-0.4, -0.2) is 53.2 Å². The molecule has 6 nitrogen and oxygen atoms in total. The first-order valence-corrected chi connectivity index (χ1v) is 14.7. The molecule has 40 heavy (non-hydrogen) atoms. The fourth-order valence-corrected chi connectivity index (χ4v) is 6.13. The van der Waals surface area contributed by atoms with Gasteiger partial charge in [-0.15, -0.1) is 0 Å². The Morgan fingerprint density at radius 3 is 2.60 bits per heavy atom. The molecular weight excluding hydrogens is 545 g/mol. The molecule has 1 fully saturated rings. The van der Waals surface area contributed by atoms with Gasteiger partial charge in [0, 0.05) is 29.9 Å². The summed E-state index contributed by atoms with van der Waals surface area (Å²) in [5.74, 6) is -0.414. The highest BCUT2D eigenvalue weighted by Crippen LogP contribution is 2.38. The number of fused-ring (bicyclic) bond motifs is 2. The van der Waals surface area contributed by atoms with Crippen LogP contribution in [0, 0.1) is 0 Å². The molecule has 0 unspecified atom stereocenters. The molecule has 8 heteroatoms. The number of hydrogen-bond donors (Lipinski definition) is 2. The minimum Gasteiger partial charge on any atom is -0.492 e. The average Bonchev–Trinajstić information content (AvgIpc) is 3.11. The lowest BCUT2D eigenvalue weighted by Gasteiger charge is -2.30. The molecule has 2 aromatic carbocycles. The van der Waals surface area contributed by atoms with E-state index in [-0.39, 0.29) is 6.42 Å². The third-order valence-corrected chi connectivity index (χ3v) is 8.37. The number of carbonyl (C=O) groups is 1. The molecule has 0 bridgehead atoms. The summed E-state index contributed by atoms with van der Waals surface area (Å²) in [4.78, 5) is 18.4. The van der Waals surface area contributed by atoms with Crippen LogP contribution in [0.25, 0.3) is 5.57 Å². The Bertz CT molecular complexity index is 1400. The lowest BCUT2D eigenvalue weighted by molar-refractivity contribution is -0.138.